The molecule has 0 N–H and O–H groups in total. The molecule has 0 fully saturated rings. The Kier molecular flexibility index (Phi) is 8.15. The summed E-state index contributed by atoms with van der Waals surface area (Å²) in [4.78, 5) is 5.42. The van der Waals surface area contributed by atoms with E-state index in [1.807, 2.05) is 6.08 Å². The minimum atomic E-state index is -0.0542. The van der Waals surface area contributed by atoms with Gasteiger partial charge in [-0.15, -0.1) is 0 Å². The molecule has 53 heavy (non-hydrogen) atoms. The Morgan fingerprint density at radius 3 is 2.42 bits per heavy atom. The van der Waals surface area contributed by atoms with Gasteiger partial charge in [0, 0.05) is 34.6 Å². The van der Waals surface area contributed by atoms with Crippen LogP contribution < -0.4 is 4.57 Å². The van der Waals surface area contributed by atoms with Crippen LogP contribution in [0.1, 0.15) is 67.8 Å². The summed E-state index contributed by atoms with van der Waals surface area (Å²) in [6, 6.07) is 41.3. The van der Waals surface area contributed by atoms with Crippen molar-refractivity contribution < 1.29 is 8.98 Å². The van der Waals surface area contributed by atoms with Gasteiger partial charge >= 0.3 is 0 Å². The molecule has 2 aromatic heterocycles. The molecule has 0 bridgehead atoms. The van der Waals surface area contributed by atoms with E-state index in [0.29, 0.717) is 12.3 Å². The van der Waals surface area contributed by atoms with E-state index in [2.05, 4.69) is 152 Å². The van der Waals surface area contributed by atoms with Crippen LogP contribution in [-0.4, -0.2) is 16.3 Å². The van der Waals surface area contributed by atoms with Gasteiger partial charge in [0.05, 0.1) is 11.8 Å². The first-order valence-corrected chi connectivity index (χ1v) is 19.1. The van der Waals surface area contributed by atoms with Crippen LogP contribution in [0.4, 0.5) is 0 Å². The number of rotatable bonds is 6. The fourth-order valence-electron chi connectivity index (χ4n) is 9.15. The Balaban J connectivity index is 1.40. The van der Waals surface area contributed by atoms with Crippen LogP contribution in [0.15, 0.2) is 150 Å². The number of aromatic nitrogens is 2. The summed E-state index contributed by atoms with van der Waals surface area (Å²) in [5.74, 6) is 1.96. The fourth-order valence-corrected chi connectivity index (χ4v) is 9.15. The van der Waals surface area contributed by atoms with Crippen LogP contribution in [0.25, 0.3) is 55.6 Å². The molecule has 0 spiro atoms. The Hall–Kier alpha value is -5.74. The maximum atomic E-state index is 6.97. The molecule has 262 valence electrons. The minimum Gasteiger partial charge on any atom is -0.455 e. The van der Waals surface area contributed by atoms with Gasteiger partial charge in [-0.25, -0.2) is 4.57 Å². The Labute approximate surface area is 312 Å². The van der Waals surface area contributed by atoms with Crippen molar-refractivity contribution in [2.24, 2.45) is 16.8 Å². The summed E-state index contributed by atoms with van der Waals surface area (Å²) in [6.45, 7) is 21.0. The average molecular weight is 693 g/mol. The zero-order chi connectivity index (χ0) is 36.4. The van der Waals surface area contributed by atoms with Crippen LogP contribution in [-0.2, 0) is 6.42 Å². The highest BCUT2D eigenvalue weighted by atomic mass is 16.3. The van der Waals surface area contributed by atoms with E-state index in [-0.39, 0.29) is 23.9 Å². The highest BCUT2D eigenvalue weighted by Crippen LogP contribution is 2.46. The predicted molar refractivity (Wildman–Crippen MR) is 221 cm³/mol. The molecule has 4 heterocycles. The van der Waals surface area contributed by atoms with Crippen molar-refractivity contribution in [3.05, 3.63) is 163 Å². The molecule has 9 rings (SSSR count). The predicted octanol–water partition coefficient (Wildman–Crippen LogP) is 12.0. The summed E-state index contributed by atoms with van der Waals surface area (Å²) >= 11 is 0. The summed E-state index contributed by atoms with van der Waals surface area (Å²) in [6.07, 6.45) is 4.44. The third-order valence-electron chi connectivity index (χ3n) is 12.1. The number of fused-ring (bicyclic) bond motifs is 12. The summed E-state index contributed by atoms with van der Waals surface area (Å²) in [7, 11) is 0. The van der Waals surface area contributed by atoms with Gasteiger partial charge in [0.1, 0.15) is 22.9 Å². The van der Waals surface area contributed by atoms with Gasteiger partial charge in [-0.1, -0.05) is 138 Å². The molecular formula is C49H46N3O+. The Bertz CT molecular complexity index is 2620. The van der Waals surface area contributed by atoms with Crippen molar-refractivity contribution >= 4 is 50.0 Å². The lowest BCUT2D eigenvalue weighted by molar-refractivity contribution is -0.681. The van der Waals surface area contributed by atoms with Crippen LogP contribution in [0.3, 0.4) is 0 Å². The third kappa shape index (κ3) is 5.26. The first-order valence-electron chi connectivity index (χ1n) is 19.1. The number of nitrogens with zero attached hydrogens (tertiary/aromatic N) is 3. The van der Waals surface area contributed by atoms with Crippen molar-refractivity contribution in [1.82, 2.24) is 4.57 Å². The zero-order valence-corrected chi connectivity index (χ0v) is 30.9. The maximum Gasteiger partial charge on any atom is 0.299 e. The number of hydrogen-bond acceptors (Lipinski definition) is 2. The van der Waals surface area contributed by atoms with E-state index in [9.17, 15) is 0 Å². The first-order chi connectivity index (χ1) is 25.9. The van der Waals surface area contributed by atoms with E-state index in [1.54, 1.807) is 0 Å². The second-order valence-electron chi connectivity index (χ2n) is 15.3. The molecule has 7 aromatic rings. The van der Waals surface area contributed by atoms with Gasteiger partial charge < -0.3 is 4.42 Å². The lowest BCUT2D eigenvalue weighted by Gasteiger charge is -2.32. The number of furan rings is 1. The van der Waals surface area contributed by atoms with E-state index < -0.39 is 0 Å². The van der Waals surface area contributed by atoms with Gasteiger partial charge in [0.15, 0.2) is 16.6 Å². The first kappa shape index (κ1) is 33.1. The van der Waals surface area contributed by atoms with E-state index in [0.717, 1.165) is 79.7 Å². The quantitative estimate of drug-likeness (QED) is 0.160. The highest BCUT2D eigenvalue weighted by molar-refractivity contribution is 6.11. The smallest absolute Gasteiger partial charge is 0.299 e. The number of benzene rings is 5. The number of para-hydroxylation sites is 3. The van der Waals surface area contributed by atoms with Gasteiger partial charge in [-0.3, -0.25) is 4.99 Å². The number of allylic oxidation sites excluding steroid dienone is 2. The van der Waals surface area contributed by atoms with Crippen molar-refractivity contribution in [3.8, 4) is 11.4 Å². The van der Waals surface area contributed by atoms with Crippen molar-refractivity contribution in [3.63, 3.8) is 0 Å². The van der Waals surface area contributed by atoms with Crippen molar-refractivity contribution in [2.45, 2.75) is 58.0 Å². The standard InChI is InChI=1S/C49H46N3O/c1-7-41-37-20-12-11-19-36(37)38-27-25-35-26-28-40-39-21-13-16-24-45(39)53-48(40)46(35)49-51(31(4)29-42(38)50-41)43-22-14-15-23-44(43)52(49)47(32(5)30(2)3)33(6)34-17-9-8-10-18-34/h7-24,26,28,30,32,38,42,47H,1,4,6,25,27,29H2,2-3,5H3/q+1. The number of imidazole rings is 1. The second-order valence-corrected chi connectivity index (χ2v) is 15.3. The number of hydrogen-bond donors (Lipinski definition) is 0. The minimum absolute atomic E-state index is 0.0222. The number of aliphatic imine (C=N–C) groups is 1. The van der Waals surface area contributed by atoms with Gasteiger partial charge in [0.25, 0.3) is 5.82 Å². The van der Waals surface area contributed by atoms with E-state index in [1.165, 1.54) is 16.7 Å². The SMILES string of the molecule is C=CC1=NC2CC(=C)n3c([n+](C(C(=C)c4ccccc4)C(C)C(C)C)c4ccccc43)-c3c(ccc4c3oc3ccccc34)CCC2c2ccccc21. The molecular weight excluding hydrogens is 647 g/mol. The summed E-state index contributed by atoms with van der Waals surface area (Å²) in [5, 5.41) is 2.26. The molecule has 4 unspecified atom stereocenters. The number of aryl methyl sites for hydroxylation is 1. The third-order valence-corrected chi connectivity index (χ3v) is 12.1. The Morgan fingerprint density at radius 1 is 0.868 bits per heavy atom. The van der Waals surface area contributed by atoms with Crippen LogP contribution in [0, 0.1) is 11.8 Å². The van der Waals surface area contributed by atoms with Crippen LogP contribution in [0.5, 0.6) is 0 Å². The molecule has 4 nitrogen and oxygen atoms in total. The molecule has 0 aliphatic carbocycles. The molecule has 2 aliphatic heterocycles. The normalized spacial score (nSPS) is 18.2. The summed E-state index contributed by atoms with van der Waals surface area (Å²) in [5.41, 5.74) is 13.3. The van der Waals surface area contributed by atoms with Crippen LogP contribution in [0.2, 0.25) is 0 Å². The monoisotopic (exact) mass is 692 g/mol. The fraction of sp³-hybridized carbons (Fsp3) is 0.224. The lowest BCUT2D eigenvalue weighted by atomic mass is 9.78. The van der Waals surface area contributed by atoms with Crippen molar-refractivity contribution in [2.75, 3.05) is 0 Å². The molecule has 4 atom stereocenters. The second kappa shape index (κ2) is 13.0. The molecule has 0 saturated heterocycles. The average Bonchev–Trinajstić information content (AvgIpc) is 3.73. The molecule has 0 radical (unpaired) electrons. The molecule has 0 saturated carbocycles. The lowest BCUT2D eigenvalue weighted by Crippen LogP contribution is -2.46. The molecule has 2 aliphatic rings. The van der Waals surface area contributed by atoms with Crippen molar-refractivity contribution in [1.29, 1.82) is 0 Å². The van der Waals surface area contributed by atoms with E-state index in [4.69, 9.17) is 22.6 Å². The largest absolute Gasteiger partial charge is 0.455 e. The van der Waals surface area contributed by atoms with Gasteiger partial charge in [-0.2, -0.15) is 4.57 Å². The highest BCUT2D eigenvalue weighted by Gasteiger charge is 2.42. The molecule has 5 aromatic carbocycles. The van der Waals surface area contributed by atoms with E-state index >= 15 is 0 Å². The molecule has 0 amide bonds. The molecule has 4 heteroatoms. The maximum absolute atomic E-state index is 6.97. The Morgan fingerprint density at radius 2 is 1.60 bits per heavy atom. The van der Waals surface area contributed by atoms with Crippen LogP contribution >= 0.6 is 0 Å². The zero-order valence-electron chi connectivity index (χ0n) is 30.9. The van der Waals surface area contributed by atoms with Gasteiger partial charge in [0.2, 0.25) is 0 Å². The summed E-state index contributed by atoms with van der Waals surface area (Å²) < 4.78 is 12.0. The topological polar surface area (TPSA) is 34.3 Å². The van der Waals surface area contributed by atoms with Gasteiger partial charge in [-0.05, 0) is 65.3 Å².